The van der Waals surface area contributed by atoms with Crippen LogP contribution >= 0.6 is 23.2 Å². The van der Waals surface area contributed by atoms with Crippen molar-refractivity contribution >= 4 is 28.9 Å². The van der Waals surface area contributed by atoms with Gasteiger partial charge in [-0.25, -0.2) is 0 Å². The van der Waals surface area contributed by atoms with E-state index in [2.05, 4.69) is 5.32 Å². The molecule has 0 spiro atoms. The number of aliphatic hydroxyl groups is 1. The third kappa shape index (κ3) is 3.85. The van der Waals surface area contributed by atoms with E-state index < -0.39 is 6.10 Å². The minimum absolute atomic E-state index is 0.391. The summed E-state index contributed by atoms with van der Waals surface area (Å²) < 4.78 is 0. The van der Waals surface area contributed by atoms with Gasteiger partial charge in [-0.05, 0) is 25.1 Å². The molecule has 1 rings (SSSR count). The van der Waals surface area contributed by atoms with E-state index in [1.165, 1.54) is 0 Å². The Kier molecular flexibility index (Phi) is 3.85. The van der Waals surface area contributed by atoms with Gasteiger partial charge in [0.1, 0.15) is 0 Å². The van der Waals surface area contributed by atoms with Crippen LogP contribution in [0.1, 0.15) is 6.92 Å². The molecule has 1 aromatic carbocycles. The van der Waals surface area contributed by atoms with Crippen molar-refractivity contribution in [3.05, 3.63) is 28.2 Å². The van der Waals surface area contributed by atoms with E-state index in [-0.39, 0.29) is 0 Å². The van der Waals surface area contributed by atoms with Gasteiger partial charge in [0.05, 0.1) is 6.10 Å². The summed E-state index contributed by atoms with van der Waals surface area (Å²) >= 11 is 11.6. The zero-order chi connectivity index (χ0) is 9.84. The van der Waals surface area contributed by atoms with Gasteiger partial charge in [0.15, 0.2) is 0 Å². The molecule has 0 fully saturated rings. The summed E-state index contributed by atoms with van der Waals surface area (Å²) in [5.74, 6) is 0. The quantitative estimate of drug-likeness (QED) is 0.820. The zero-order valence-corrected chi connectivity index (χ0v) is 8.73. The first-order valence-electron chi connectivity index (χ1n) is 3.96. The molecule has 2 N–H and O–H groups in total. The molecule has 1 atom stereocenters. The van der Waals surface area contributed by atoms with Gasteiger partial charge < -0.3 is 10.4 Å². The monoisotopic (exact) mass is 219 g/mol. The molecule has 2 nitrogen and oxygen atoms in total. The Balaban J connectivity index is 2.66. The van der Waals surface area contributed by atoms with Crippen LogP contribution in [-0.2, 0) is 0 Å². The van der Waals surface area contributed by atoms with Crippen LogP contribution in [-0.4, -0.2) is 17.8 Å². The lowest BCUT2D eigenvalue weighted by molar-refractivity contribution is 0.208. The lowest BCUT2D eigenvalue weighted by atomic mass is 10.3. The highest BCUT2D eigenvalue weighted by atomic mass is 35.5. The molecule has 72 valence electrons. The molecule has 4 heteroatoms. The van der Waals surface area contributed by atoms with Gasteiger partial charge in [-0.2, -0.15) is 0 Å². The minimum atomic E-state index is -0.391. The van der Waals surface area contributed by atoms with Crippen molar-refractivity contribution in [1.82, 2.24) is 0 Å². The van der Waals surface area contributed by atoms with E-state index in [9.17, 15) is 0 Å². The van der Waals surface area contributed by atoms with Gasteiger partial charge in [-0.3, -0.25) is 0 Å². The number of aliphatic hydroxyl groups excluding tert-OH is 1. The normalized spacial score (nSPS) is 12.6. The second-order valence-electron chi connectivity index (χ2n) is 2.89. The van der Waals surface area contributed by atoms with Gasteiger partial charge in [0, 0.05) is 22.3 Å². The molecule has 0 heterocycles. The van der Waals surface area contributed by atoms with Crippen LogP contribution in [0.2, 0.25) is 10.0 Å². The Morgan fingerprint density at radius 3 is 2.31 bits per heavy atom. The molecule has 1 aromatic rings. The predicted molar refractivity (Wildman–Crippen MR) is 56.6 cm³/mol. The Morgan fingerprint density at radius 1 is 1.31 bits per heavy atom. The molecular weight excluding hydrogens is 209 g/mol. The van der Waals surface area contributed by atoms with Crippen molar-refractivity contribution in [3.8, 4) is 0 Å². The van der Waals surface area contributed by atoms with E-state index in [0.29, 0.717) is 16.6 Å². The first-order chi connectivity index (χ1) is 6.08. The molecular formula is C9H11Cl2NO. The number of hydrogen-bond acceptors (Lipinski definition) is 2. The predicted octanol–water partition coefficient (Wildman–Crippen LogP) is 2.79. The van der Waals surface area contributed by atoms with Crippen molar-refractivity contribution in [1.29, 1.82) is 0 Å². The second kappa shape index (κ2) is 4.70. The van der Waals surface area contributed by atoms with Gasteiger partial charge in [-0.15, -0.1) is 0 Å². The maximum absolute atomic E-state index is 9.02. The molecule has 0 saturated heterocycles. The molecule has 0 aromatic heterocycles. The number of hydrogen-bond donors (Lipinski definition) is 2. The van der Waals surface area contributed by atoms with E-state index in [1.807, 2.05) is 0 Å². The van der Waals surface area contributed by atoms with E-state index >= 15 is 0 Å². The summed E-state index contributed by atoms with van der Waals surface area (Å²) in [4.78, 5) is 0. The van der Waals surface area contributed by atoms with Crippen LogP contribution in [0.15, 0.2) is 18.2 Å². The summed E-state index contributed by atoms with van der Waals surface area (Å²) in [6.07, 6.45) is -0.391. The van der Waals surface area contributed by atoms with Gasteiger partial charge >= 0.3 is 0 Å². The molecule has 0 aliphatic rings. The maximum atomic E-state index is 9.02. The van der Waals surface area contributed by atoms with Gasteiger partial charge in [0.2, 0.25) is 0 Å². The average molecular weight is 220 g/mol. The molecule has 13 heavy (non-hydrogen) atoms. The van der Waals surface area contributed by atoms with E-state index in [4.69, 9.17) is 28.3 Å². The van der Waals surface area contributed by atoms with E-state index in [0.717, 1.165) is 5.69 Å². The van der Waals surface area contributed by atoms with Gasteiger partial charge in [-0.1, -0.05) is 23.2 Å². The third-order valence-electron chi connectivity index (χ3n) is 1.46. The average Bonchev–Trinajstić information content (AvgIpc) is 1.99. The largest absolute Gasteiger partial charge is 0.392 e. The summed E-state index contributed by atoms with van der Waals surface area (Å²) in [7, 11) is 0. The van der Waals surface area contributed by atoms with Crippen molar-refractivity contribution in [2.24, 2.45) is 0 Å². The lowest BCUT2D eigenvalue weighted by Gasteiger charge is -2.08. The molecule has 0 saturated carbocycles. The summed E-state index contributed by atoms with van der Waals surface area (Å²) in [5.41, 5.74) is 0.818. The van der Waals surface area contributed by atoms with Gasteiger partial charge in [0.25, 0.3) is 0 Å². The van der Waals surface area contributed by atoms with Crippen LogP contribution in [0.4, 0.5) is 5.69 Å². The topological polar surface area (TPSA) is 32.3 Å². The molecule has 1 unspecified atom stereocenters. The lowest BCUT2D eigenvalue weighted by Crippen LogP contribution is -2.15. The van der Waals surface area contributed by atoms with Crippen molar-refractivity contribution in [2.45, 2.75) is 13.0 Å². The Morgan fingerprint density at radius 2 is 1.85 bits per heavy atom. The Bertz CT molecular complexity index is 269. The van der Waals surface area contributed by atoms with Crippen molar-refractivity contribution in [2.75, 3.05) is 11.9 Å². The zero-order valence-electron chi connectivity index (χ0n) is 7.22. The fourth-order valence-electron chi connectivity index (χ4n) is 0.921. The summed E-state index contributed by atoms with van der Waals surface area (Å²) in [6, 6.07) is 5.18. The standard InChI is InChI=1S/C9H11Cl2NO/c1-6(13)5-12-9-3-7(10)2-8(11)4-9/h2-4,6,12-13H,5H2,1H3. The highest BCUT2D eigenvalue weighted by molar-refractivity contribution is 6.35. The van der Waals surface area contributed by atoms with Crippen LogP contribution in [0.25, 0.3) is 0 Å². The fourth-order valence-corrected chi connectivity index (χ4v) is 1.45. The molecule has 0 radical (unpaired) electrons. The number of nitrogens with one attached hydrogen (secondary N) is 1. The fraction of sp³-hybridized carbons (Fsp3) is 0.333. The summed E-state index contributed by atoms with van der Waals surface area (Å²) in [5, 5.41) is 13.2. The molecule has 0 aliphatic heterocycles. The molecule has 0 aliphatic carbocycles. The highest BCUT2D eigenvalue weighted by Crippen LogP contribution is 2.22. The maximum Gasteiger partial charge on any atom is 0.0684 e. The van der Waals surface area contributed by atoms with Crippen molar-refractivity contribution < 1.29 is 5.11 Å². The van der Waals surface area contributed by atoms with E-state index in [1.54, 1.807) is 25.1 Å². The Labute approximate surface area is 87.5 Å². The van der Waals surface area contributed by atoms with Crippen LogP contribution in [0.5, 0.6) is 0 Å². The second-order valence-corrected chi connectivity index (χ2v) is 3.76. The number of rotatable bonds is 3. The van der Waals surface area contributed by atoms with Crippen LogP contribution in [0.3, 0.4) is 0 Å². The smallest absolute Gasteiger partial charge is 0.0684 e. The first-order valence-corrected chi connectivity index (χ1v) is 4.71. The number of anilines is 1. The highest BCUT2D eigenvalue weighted by Gasteiger charge is 1.99. The van der Waals surface area contributed by atoms with Crippen molar-refractivity contribution in [3.63, 3.8) is 0 Å². The number of benzene rings is 1. The van der Waals surface area contributed by atoms with Crippen LogP contribution < -0.4 is 5.32 Å². The Hall–Kier alpha value is -0.440. The third-order valence-corrected chi connectivity index (χ3v) is 1.90. The van der Waals surface area contributed by atoms with Crippen LogP contribution in [0, 0.1) is 0 Å². The minimum Gasteiger partial charge on any atom is -0.392 e. The SMILES string of the molecule is CC(O)CNc1cc(Cl)cc(Cl)c1. The number of halogens is 2. The first kappa shape index (κ1) is 10.6. The molecule has 0 bridgehead atoms. The molecule has 0 amide bonds. The summed E-state index contributed by atoms with van der Waals surface area (Å²) in [6.45, 7) is 2.19.